The van der Waals surface area contributed by atoms with E-state index >= 15 is 0 Å². The van der Waals surface area contributed by atoms with Gasteiger partial charge in [-0.05, 0) is 24.5 Å². The summed E-state index contributed by atoms with van der Waals surface area (Å²) in [6.07, 6.45) is 0. The fraction of sp³-hybridized carbons (Fsp3) is 0.538. The number of hydrogen-bond acceptors (Lipinski definition) is 6. The summed E-state index contributed by atoms with van der Waals surface area (Å²) in [5, 5.41) is 9.58. The second-order valence-electron chi connectivity index (χ2n) is 4.24. The maximum Gasteiger partial charge on any atom is 0.225 e. The molecule has 2 heterocycles. The number of aromatic nitrogens is 2. The summed E-state index contributed by atoms with van der Waals surface area (Å²) in [6, 6.07) is 2.07. The Labute approximate surface area is 118 Å². The van der Waals surface area contributed by atoms with Gasteiger partial charge in [-0.15, -0.1) is 11.3 Å². The molecule has 0 saturated heterocycles. The molecule has 0 saturated carbocycles. The molecule has 5 nitrogen and oxygen atoms in total. The zero-order chi connectivity index (χ0) is 13.7. The minimum Gasteiger partial charge on any atom is -0.368 e. The maximum absolute atomic E-state index is 4.49. The molecule has 2 aromatic rings. The lowest BCUT2D eigenvalue weighted by atomic mass is 10.3. The predicted molar refractivity (Wildman–Crippen MR) is 83.2 cm³/mol. The van der Waals surface area contributed by atoms with Gasteiger partial charge in [0.25, 0.3) is 0 Å². The Morgan fingerprint density at radius 2 is 2.05 bits per heavy atom. The SMILES string of the molecule is CCN(CC)CCNc1nc(NC)nc2sccc12. The van der Waals surface area contributed by atoms with Gasteiger partial charge in [0.05, 0.1) is 5.39 Å². The first-order valence-electron chi connectivity index (χ1n) is 6.67. The van der Waals surface area contributed by atoms with Crippen LogP contribution < -0.4 is 10.6 Å². The number of rotatable bonds is 7. The van der Waals surface area contributed by atoms with Crippen LogP contribution in [0.1, 0.15) is 13.8 Å². The molecule has 0 aliphatic rings. The summed E-state index contributed by atoms with van der Waals surface area (Å²) < 4.78 is 0. The lowest BCUT2D eigenvalue weighted by Crippen LogP contribution is -2.28. The van der Waals surface area contributed by atoms with Gasteiger partial charge in [-0.2, -0.15) is 4.98 Å². The van der Waals surface area contributed by atoms with Crippen molar-refractivity contribution in [1.29, 1.82) is 0 Å². The molecule has 0 aliphatic carbocycles. The van der Waals surface area contributed by atoms with Crippen molar-refractivity contribution in [3.63, 3.8) is 0 Å². The van der Waals surface area contributed by atoms with Crippen molar-refractivity contribution in [3.8, 4) is 0 Å². The highest BCUT2D eigenvalue weighted by atomic mass is 32.1. The maximum atomic E-state index is 4.49. The number of nitrogens with zero attached hydrogens (tertiary/aromatic N) is 3. The van der Waals surface area contributed by atoms with Crippen LogP contribution in [-0.4, -0.2) is 48.1 Å². The van der Waals surface area contributed by atoms with E-state index in [0.717, 1.165) is 42.2 Å². The molecule has 2 aromatic heterocycles. The first kappa shape index (κ1) is 14.0. The Morgan fingerprint density at radius 3 is 2.74 bits per heavy atom. The van der Waals surface area contributed by atoms with Crippen LogP contribution in [0, 0.1) is 0 Å². The monoisotopic (exact) mass is 279 g/mol. The van der Waals surface area contributed by atoms with E-state index in [-0.39, 0.29) is 0 Å². The largest absolute Gasteiger partial charge is 0.368 e. The quantitative estimate of drug-likeness (QED) is 0.815. The Balaban J connectivity index is 2.08. The number of fused-ring (bicyclic) bond motifs is 1. The van der Waals surface area contributed by atoms with Crippen molar-refractivity contribution < 1.29 is 0 Å². The highest BCUT2D eigenvalue weighted by Crippen LogP contribution is 2.26. The van der Waals surface area contributed by atoms with Crippen LogP contribution in [0.25, 0.3) is 10.2 Å². The number of hydrogen-bond donors (Lipinski definition) is 2. The fourth-order valence-corrected chi connectivity index (χ4v) is 2.74. The van der Waals surface area contributed by atoms with Crippen LogP contribution in [0.5, 0.6) is 0 Å². The third-order valence-corrected chi connectivity index (χ3v) is 3.97. The minimum absolute atomic E-state index is 0.667. The first-order chi connectivity index (χ1) is 9.28. The van der Waals surface area contributed by atoms with Crippen LogP contribution in [0.3, 0.4) is 0 Å². The van der Waals surface area contributed by atoms with Crippen molar-refractivity contribution in [2.45, 2.75) is 13.8 Å². The van der Waals surface area contributed by atoms with E-state index in [4.69, 9.17) is 0 Å². The Kier molecular flexibility index (Phi) is 4.93. The van der Waals surface area contributed by atoms with E-state index in [2.05, 4.69) is 45.4 Å². The summed E-state index contributed by atoms with van der Waals surface area (Å²) in [6.45, 7) is 8.45. The predicted octanol–water partition coefficient (Wildman–Crippen LogP) is 2.49. The summed E-state index contributed by atoms with van der Waals surface area (Å²) in [5.74, 6) is 1.59. The van der Waals surface area contributed by atoms with E-state index in [1.165, 1.54) is 0 Å². The summed E-state index contributed by atoms with van der Waals surface area (Å²) in [4.78, 5) is 12.3. The molecule has 0 bridgehead atoms. The molecule has 0 aliphatic heterocycles. The molecule has 2 rings (SSSR count). The van der Waals surface area contributed by atoms with Crippen molar-refractivity contribution in [3.05, 3.63) is 11.4 Å². The Bertz CT molecular complexity index is 521. The van der Waals surface area contributed by atoms with Gasteiger partial charge in [0.15, 0.2) is 0 Å². The molecule has 6 heteroatoms. The lowest BCUT2D eigenvalue weighted by molar-refractivity contribution is 0.316. The molecule has 0 aromatic carbocycles. The third kappa shape index (κ3) is 3.33. The average Bonchev–Trinajstić information content (AvgIpc) is 2.91. The third-order valence-electron chi connectivity index (χ3n) is 3.16. The molecular weight excluding hydrogens is 258 g/mol. The van der Waals surface area contributed by atoms with Gasteiger partial charge in [0.1, 0.15) is 10.6 Å². The van der Waals surface area contributed by atoms with E-state index in [1.54, 1.807) is 11.3 Å². The molecule has 0 radical (unpaired) electrons. The van der Waals surface area contributed by atoms with Gasteiger partial charge in [0.2, 0.25) is 5.95 Å². The van der Waals surface area contributed by atoms with Crippen LogP contribution in [0.2, 0.25) is 0 Å². The molecule has 0 spiro atoms. The number of anilines is 2. The average molecular weight is 279 g/mol. The van der Waals surface area contributed by atoms with E-state index in [0.29, 0.717) is 5.95 Å². The number of thiophene rings is 1. The van der Waals surface area contributed by atoms with Crippen molar-refractivity contribution >= 4 is 33.3 Å². The second kappa shape index (κ2) is 6.68. The normalized spacial score (nSPS) is 11.2. The molecule has 0 atom stereocenters. The highest BCUT2D eigenvalue weighted by Gasteiger charge is 2.08. The number of likely N-dealkylation sites (N-methyl/N-ethyl adjacent to an activating group) is 1. The lowest BCUT2D eigenvalue weighted by Gasteiger charge is -2.18. The van der Waals surface area contributed by atoms with Crippen molar-refractivity contribution in [1.82, 2.24) is 14.9 Å². The van der Waals surface area contributed by atoms with Gasteiger partial charge >= 0.3 is 0 Å². The molecule has 0 amide bonds. The summed E-state index contributed by atoms with van der Waals surface area (Å²) in [7, 11) is 1.84. The summed E-state index contributed by atoms with van der Waals surface area (Å²) in [5.41, 5.74) is 0. The van der Waals surface area contributed by atoms with E-state index in [9.17, 15) is 0 Å². The Morgan fingerprint density at radius 1 is 1.26 bits per heavy atom. The molecule has 0 unspecified atom stereocenters. The Hall–Kier alpha value is -1.40. The van der Waals surface area contributed by atoms with Gasteiger partial charge in [0, 0.05) is 20.1 Å². The van der Waals surface area contributed by atoms with Crippen LogP contribution in [0.15, 0.2) is 11.4 Å². The molecule has 19 heavy (non-hydrogen) atoms. The van der Waals surface area contributed by atoms with Gasteiger partial charge in [-0.25, -0.2) is 4.98 Å². The molecule has 2 N–H and O–H groups in total. The zero-order valence-electron chi connectivity index (χ0n) is 11.7. The van der Waals surface area contributed by atoms with Gasteiger partial charge < -0.3 is 15.5 Å². The standard InChI is InChI=1S/C13H21N5S/c1-4-18(5-2)8-7-15-11-10-6-9-19-12(10)17-13(14-3)16-11/h6,9H,4-5,7-8H2,1-3H3,(H2,14,15,16,17). The van der Waals surface area contributed by atoms with Gasteiger partial charge in [-0.1, -0.05) is 13.8 Å². The van der Waals surface area contributed by atoms with Crippen LogP contribution >= 0.6 is 11.3 Å². The minimum atomic E-state index is 0.667. The fourth-order valence-electron chi connectivity index (χ4n) is 1.97. The molecule has 0 fully saturated rings. The topological polar surface area (TPSA) is 53.1 Å². The molecular formula is C13H21N5S. The molecule has 104 valence electrons. The first-order valence-corrected chi connectivity index (χ1v) is 7.55. The summed E-state index contributed by atoms with van der Waals surface area (Å²) >= 11 is 1.64. The van der Waals surface area contributed by atoms with Gasteiger partial charge in [-0.3, -0.25) is 0 Å². The number of nitrogens with one attached hydrogen (secondary N) is 2. The van der Waals surface area contributed by atoms with E-state index < -0.39 is 0 Å². The van der Waals surface area contributed by atoms with Crippen LogP contribution in [0.4, 0.5) is 11.8 Å². The smallest absolute Gasteiger partial charge is 0.225 e. The highest BCUT2D eigenvalue weighted by molar-refractivity contribution is 7.16. The van der Waals surface area contributed by atoms with E-state index in [1.807, 2.05) is 12.4 Å². The van der Waals surface area contributed by atoms with Crippen molar-refractivity contribution in [2.24, 2.45) is 0 Å². The zero-order valence-corrected chi connectivity index (χ0v) is 12.5. The van der Waals surface area contributed by atoms with Crippen LogP contribution in [-0.2, 0) is 0 Å². The van der Waals surface area contributed by atoms with Crippen molar-refractivity contribution in [2.75, 3.05) is 43.9 Å². The second-order valence-corrected chi connectivity index (χ2v) is 5.13.